The number of carbonyl (C=O) groups is 4. The van der Waals surface area contributed by atoms with E-state index in [-0.39, 0.29) is 30.9 Å². The number of ether oxygens (including phenoxy) is 2. The largest absolute Gasteiger partial charge is 0.480 e. The van der Waals surface area contributed by atoms with Gasteiger partial charge in [0.15, 0.2) is 0 Å². The van der Waals surface area contributed by atoms with Crippen LogP contribution in [0.3, 0.4) is 0 Å². The summed E-state index contributed by atoms with van der Waals surface area (Å²) >= 11 is 0. The fraction of sp³-hybridized carbons (Fsp3) is 0.643. The Hall–Kier alpha value is -3.30. The summed E-state index contributed by atoms with van der Waals surface area (Å²) in [5.74, 6) is -1.75. The first-order valence-electron chi connectivity index (χ1n) is 13.5. The van der Waals surface area contributed by atoms with Crippen molar-refractivity contribution in [1.82, 2.24) is 15.1 Å². The Kier molecular flexibility index (Phi) is 8.47. The third kappa shape index (κ3) is 6.76. The van der Waals surface area contributed by atoms with Gasteiger partial charge in [-0.15, -0.1) is 0 Å². The van der Waals surface area contributed by atoms with E-state index >= 15 is 0 Å². The lowest BCUT2D eigenvalue weighted by Crippen LogP contribution is -2.55. The van der Waals surface area contributed by atoms with E-state index in [9.17, 15) is 24.3 Å². The molecule has 2 aliphatic heterocycles. The summed E-state index contributed by atoms with van der Waals surface area (Å²) in [4.78, 5) is 54.2. The van der Waals surface area contributed by atoms with Gasteiger partial charge in [0.1, 0.15) is 18.2 Å². The number of nitrogens with zero attached hydrogens (tertiary/aromatic N) is 2. The summed E-state index contributed by atoms with van der Waals surface area (Å²) < 4.78 is 11.0. The highest BCUT2D eigenvalue weighted by molar-refractivity contribution is 5.90. The molecule has 1 saturated carbocycles. The van der Waals surface area contributed by atoms with E-state index in [1.807, 2.05) is 45.0 Å². The Labute approximate surface area is 223 Å². The number of benzene rings is 1. The molecule has 0 spiro atoms. The second-order valence-electron chi connectivity index (χ2n) is 11.9. The number of alkyl carbamates (subject to hydrolysis) is 1. The van der Waals surface area contributed by atoms with Gasteiger partial charge in [0.2, 0.25) is 5.91 Å². The standard InChI is InChI=1S/C28H39N3O7/c1-28(2,3)17-37-26(35)29-23(18-9-5-4-6-10-18)24(32)31-16-21(13-22(31)25(33)34)38-27(36)30-14-19-11-7-8-12-20(19)15-30/h7-8,11-12,18,21-23H,4-6,9-10,13-17H2,1-3H3,(H,29,35)(H,33,34)/t21-,22+,23+/m1/s1. The van der Waals surface area contributed by atoms with Crippen molar-refractivity contribution in [2.75, 3.05) is 13.2 Å². The molecule has 3 aliphatic rings. The zero-order valence-corrected chi connectivity index (χ0v) is 22.5. The number of fused-ring (bicyclic) bond motifs is 1. The quantitative estimate of drug-likeness (QED) is 0.572. The van der Waals surface area contributed by atoms with Crippen LogP contribution in [0.15, 0.2) is 24.3 Å². The highest BCUT2D eigenvalue weighted by atomic mass is 16.6. The van der Waals surface area contributed by atoms with Crippen molar-refractivity contribution in [1.29, 1.82) is 0 Å². The van der Waals surface area contributed by atoms with Gasteiger partial charge in [0, 0.05) is 19.5 Å². The van der Waals surface area contributed by atoms with Gasteiger partial charge in [0.25, 0.3) is 0 Å². The van der Waals surface area contributed by atoms with E-state index in [1.165, 1.54) is 4.90 Å². The smallest absolute Gasteiger partial charge is 0.410 e. The van der Waals surface area contributed by atoms with Crippen LogP contribution in [0.25, 0.3) is 0 Å². The van der Waals surface area contributed by atoms with Gasteiger partial charge < -0.3 is 24.8 Å². The summed E-state index contributed by atoms with van der Waals surface area (Å²) in [6.07, 6.45) is 2.48. The number of hydrogen-bond acceptors (Lipinski definition) is 6. The molecule has 3 atom stereocenters. The Morgan fingerprint density at radius 1 is 1.05 bits per heavy atom. The maximum Gasteiger partial charge on any atom is 0.410 e. The Bertz CT molecular complexity index is 1020. The summed E-state index contributed by atoms with van der Waals surface area (Å²) in [5, 5.41) is 12.6. The molecule has 10 nitrogen and oxygen atoms in total. The van der Waals surface area contributed by atoms with Crippen molar-refractivity contribution in [3.05, 3.63) is 35.4 Å². The van der Waals surface area contributed by atoms with Crippen molar-refractivity contribution < 1.29 is 33.8 Å². The minimum Gasteiger partial charge on any atom is -0.480 e. The van der Waals surface area contributed by atoms with Crippen LogP contribution in [-0.2, 0) is 32.2 Å². The van der Waals surface area contributed by atoms with Crippen LogP contribution < -0.4 is 5.32 Å². The monoisotopic (exact) mass is 529 g/mol. The number of amides is 3. The molecule has 10 heteroatoms. The van der Waals surface area contributed by atoms with Crippen molar-refractivity contribution in [3.8, 4) is 0 Å². The number of hydrogen-bond donors (Lipinski definition) is 2. The molecular formula is C28H39N3O7. The van der Waals surface area contributed by atoms with Crippen LogP contribution in [-0.4, -0.2) is 70.3 Å². The molecule has 38 heavy (non-hydrogen) atoms. The first-order chi connectivity index (χ1) is 18.0. The summed E-state index contributed by atoms with van der Waals surface area (Å²) in [5.41, 5.74) is 1.87. The minimum atomic E-state index is -1.16. The number of nitrogens with one attached hydrogen (secondary N) is 1. The van der Waals surface area contributed by atoms with E-state index in [0.29, 0.717) is 13.1 Å². The molecule has 0 bridgehead atoms. The lowest BCUT2D eigenvalue weighted by Gasteiger charge is -2.34. The number of carboxylic acid groups (broad SMARTS) is 1. The minimum absolute atomic E-state index is 0.000537. The molecule has 0 unspecified atom stereocenters. The second-order valence-corrected chi connectivity index (χ2v) is 11.9. The zero-order chi connectivity index (χ0) is 27.4. The van der Waals surface area contributed by atoms with Crippen molar-refractivity contribution in [2.45, 2.75) is 90.6 Å². The molecule has 3 amide bonds. The van der Waals surface area contributed by atoms with Crippen LogP contribution in [0.2, 0.25) is 0 Å². The first kappa shape index (κ1) is 27.7. The third-order valence-corrected chi connectivity index (χ3v) is 7.49. The fourth-order valence-corrected chi connectivity index (χ4v) is 5.52. The zero-order valence-electron chi connectivity index (χ0n) is 22.5. The van der Waals surface area contributed by atoms with Gasteiger partial charge in [0.05, 0.1) is 13.2 Å². The van der Waals surface area contributed by atoms with Crippen molar-refractivity contribution >= 4 is 24.1 Å². The molecule has 1 aromatic carbocycles. The van der Waals surface area contributed by atoms with Crippen molar-refractivity contribution in [2.24, 2.45) is 11.3 Å². The Morgan fingerprint density at radius 2 is 1.68 bits per heavy atom. The van der Waals surface area contributed by atoms with Gasteiger partial charge in [-0.3, -0.25) is 9.69 Å². The Balaban J connectivity index is 1.43. The normalized spacial score (nSPS) is 22.5. The van der Waals surface area contributed by atoms with E-state index in [1.54, 1.807) is 4.90 Å². The summed E-state index contributed by atoms with van der Waals surface area (Å²) in [6.45, 7) is 6.82. The highest BCUT2D eigenvalue weighted by Crippen LogP contribution is 2.31. The molecule has 2 heterocycles. The molecule has 1 aromatic rings. The van der Waals surface area contributed by atoms with Crippen LogP contribution in [0.1, 0.15) is 70.4 Å². The number of likely N-dealkylation sites (tertiary alicyclic amines) is 1. The molecule has 2 N–H and O–H groups in total. The maximum absolute atomic E-state index is 13.8. The Morgan fingerprint density at radius 3 is 2.26 bits per heavy atom. The molecule has 1 saturated heterocycles. The third-order valence-electron chi connectivity index (χ3n) is 7.49. The first-order valence-corrected chi connectivity index (χ1v) is 13.5. The van der Waals surface area contributed by atoms with Gasteiger partial charge in [-0.05, 0) is 35.3 Å². The predicted molar refractivity (Wildman–Crippen MR) is 138 cm³/mol. The second kappa shape index (κ2) is 11.6. The van der Waals surface area contributed by atoms with E-state index in [0.717, 1.165) is 43.2 Å². The summed E-state index contributed by atoms with van der Waals surface area (Å²) in [7, 11) is 0. The lowest BCUT2D eigenvalue weighted by atomic mass is 9.83. The number of aliphatic carboxylic acids is 1. The number of carbonyl (C=O) groups excluding carboxylic acids is 3. The van der Waals surface area contributed by atoms with Crippen LogP contribution in [0, 0.1) is 11.3 Å². The lowest BCUT2D eigenvalue weighted by molar-refractivity contribution is -0.149. The number of carboxylic acids is 1. The molecule has 2 fully saturated rings. The van der Waals surface area contributed by atoms with Crippen molar-refractivity contribution in [3.63, 3.8) is 0 Å². The van der Waals surface area contributed by atoms with Gasteiger partial charge in [-0.2, -0.15) is 0 Å². The molecule has 208 valence electrons. The van der Waals surface area contributed by atoms with E-state index < -0.39 is 42.3 Å². The fourth-order valence-electron chi connectivity index (χ4n) is 5.52. The molecule has 1 aliphatic carbocycles. The SMILES string of the molecule is CC(C)(C)COC(=O)N[C@H](C(=O)N1C[C@H](OC(=O)N2Cc3ccccc3C2)C[C@H]1C(=O)O)C1CCCCC1. The molecular weight excluding hydrogens is 490 g/mol. The van der Waals surface area contributed by atoms with Crippen LogP contribution in [0.4, 0.5) is 9.59 Å². The highest BCUT2D eigenvalue weighted by Gasteiger charge is 2.46. The summed E-state index contributed by atoms with van der Waals surface area (Å²) in [6, 6.07) is 5.72. The van der Waals surface area contributed by atoms with Gasteiger partial charge in [-0.25, -0.2) is 14.4 Å². The average Bonchev–Trinajstić information content (AvgIpc) is 3.50. The number of rotatable bonds is 6. The van der Waals surface area contributed by atoms with Gasteiger partial charge in [-0.1, -0.05) is 64.3 Å². The molecule has 0 radical (unpaired) electrons. The molecule has 4 rings (SSSR count). The predicted octanol–water partition coefficient (Wildman–Crippen LogP) is 3.91. The van der Waals surface area contributed by atoms with Crippen LogP contribution >= 0.6 is 0 Å². The average molecular weight is 530 g/mol. The van der Waals surface area contributed by atoms with E-state index in [2.05, 4.69) is 5.32 Å². The van der Waals surface area contributed by atoms with Crippen LogP contribution in [0.5, 0.6) is 0 Å². The van der Waals surface area contributed by atoms with Gasteiger partial charge >= 0.3 is 18.2 Å². The maximum atomic E-state index is 13.8. The molecule has 0 aromatic heterocycles. The van der Waals surface area contributed by atoms with E-state index in [4.69, 9.17) is 9.47 Å². The topological polar surface area (TPSA) is 125 Å².